The molecule has 0 saturated carbocycles. The summed E-state index contributed by atoms with van der Waals surface area (Å²) in [6, 6.07) is 16.3. The van der Waals surface area contributed by atoms with E-state index in [-0.39, 0.29) is 5.91 Å². The highest BCUT2D eigenvalue weighted by atomic mass is 16.5. The van der Waals surface area contributed by atoms with Crippen molar-refractivity contribution in [3.63, 3.8) is 0 Å². The van der Waals surface area contributed by atoms with Crippen molar-refractivity contribution >= 4 is 29.5 Å². The van der Waals surface area contributed by atoms with E-state index in [1.54, 1.807) is 30.3 Å². The molecule has 0 aromatic heterocycles. The van der Waals surface area contributed by atoms with E-state index in [0.717, 1.165) is 5.56 Å². The molecule has 5 heteroatoms. The average Bonchev–Trinajstić information content (AvgIpc) is 2.55. The largest absolute Gasteiger partial charge is 0.453 e. The predicted molar refractivity (Wildman–Crippen MR) is 86.6 cm³/mol. The molecule has 2 aromatic rings. The van der Waals surface area contributed by atoms with Crippen LogP contribution in [0.15, 0.2) is 60.7 Å². The number of carbonyl (C=O) groups excluding carboxylic acids is 2. The fourth-order valence-electron chi connectivity index (χ4n) is 1.73. The number of hydrogen-bond acceptors (Lipinski definition) is 3. The van der Waals surface area contributed by atoms with Crippen LogP contribution in [0.3, 0.4) is 0 Å². The van der Waals surface area contributed by atoms with Crippen molar-refractivity contribution in [3.8, 4) is 0 Å². The maximum Gasteiger partial charge on any atom is 0.411 e. The van der Waals surface area contributed by atoms with Gasteiger partial charge in [-0.15, -0.1) is 0 Å². The van der Waals surface area contributed by atoms with Gasteiger partial charge in [0.15, 0.2) is 0 Å². The topological polar surface area (TPSA) is 67.4 Å². The van der Waals surface area contributed by atoms with Gasteiger partial charge in [0.2, 0.25) is 5.91 Å². The summed E-state index contributed by atoms with van der Waals surface area (Å²) in [4.78, 5) is 22.9. The highest BCUT2D eigenvalue weighted by Crippen LogP contribution is 2.14. The molecule has 0 spiro atoms. The molecule has 5 nitrogen and oxygen atoms in total. The number of carbonyl (C=O) groups is 2. The number of methoxy groups -OCH3 is 1. The number of nitrogens with one attached hydrogen (secondary N) is 2. The predicted octanol–water partition coefficient (Wildman–Crippen LogP) is 3.52. The molecule has 2 amide bonds. The van der Waals surface area contributed by atoms with Crippen molar-refractivity contribution < 1.29 is 14.3 Å². The monoisotopic (exact) mass is 296 g/mol. The first-order valence-electron chi connectivity index (χ1n) is 6.66. The van der Waals surface area contributed by atoms with Crippen molar-refractivity contribution in [2.45, 2.75) is 0 Å². The molecule has 0 aliphatic carbocycles. The number of amides is 2. The summed E-state index contributed by atoms with van der Waals surface area (Å²) in [7, 11) is 1.29. The van der Waals surface area contributed by atoms with Crippen LogP contribution in [-0.2, 0) is 9.53 Å². The Kier molecular flexibility index (Phi) is 5.31. The maximum absolute atomic E-state index is 11.8. The molecule has 2 N–H and O–H groups in total. The molecule has 0 atom stereocenters. The van der Waals surface area contributed by atoms with Crippen LogP contribution in [0, 0.1) is 0 Å². The van der Waals surface area contributed by atoms with Crippen molar-refractivity contribution in [3.05, 3.63) is 66.2 Å². The summed E-state index contributed by atoms with van der Waals surface area (Å²) < 4.78 is 4.49. The third-order valence-corrected chi connectivity index (χ3v) is 2.81. The SMILES string of the molecule is COC(=O)Nc1ccc(NC(=O)/C=C/c2ccccc2)cc1. The van der Waals surface area contributed by atoms with Gasteiger partial charge in [-0.25, -0.2) is 4.79 Å². The van der Waals surface area contributed by atoms with Crippen molar-refractivity contribution in [2.75, 3.05) is 17.7 Å². The lowest BCUT2D eigenvalue weighted by Gasteiger charge is -2.05. The van der Waals surface area contributed by atoms with E-state index in [4.69, 9.17) is 0 Å². The van der Waals surface area contributed by atoms with Crippen LogP contribution in [0.2, 0.25) is 0 Å². The Labute approximate surface area is 128 Å². The molecule has 0 aliphatic rings. The zero-order valence-corrected chi connectivity index (χ0v) is 12.1. The molecular weight excluding hydrogens is 280 g/mol. The second-order valence-electron chi connectivity index (χ2n) is 4.43. The standard InChI is InChI=1S/C17H16N2O3/c1-22-17(21)19-15-10-8-14(9-11-15)18-16(20)12-7-13-5-3-2-4-6-13/h2-12H,1H3,(H,18,20)(H,19,21)/b12-7+. The Hall–Kier alpha value is -3.08. The second-order valence-corrected chi connectivity index (χ2v) is 4.43. The summed E-state index contributed by atoms with van der Waals surface area (Å²) in [6.45, 7) is 0. The van der Waals surface area contributed by atoms with Gasteiger partial charge in [0, 0.05) is 17.5 Å². The maximum atomic E-state index is 11.8. The lowest BCUT2D eigenvalue weighted by Crippen LogP contribution is -2.11. The molecular formula is C17H16N2O3. The van der Waals surface area contributed by atoms with Gasteiger partial charge < -0.3 is 10.1 Å². The fraction of sp³-hybridized carbons (Fsp3) is 0.0588. The molecule has 0 radical (unpaired) electrons. The number of hydrogen-bond donors (Lipinski definition) is 2. The van der Waals surface area contributed by atoms with Crippen LogP contribution in [0.1, 0.15) is 5.56 Å². The molecule has 0 fully saturated rings. The highest BCUT2D eigenvalue weighted by Gasteiger charge is 2.01. The quantitative estimate of drug-likeness (QED) is 0.848. The Bertz CT molecular complexity index is 664. The molecule has 22 heavy (non-hydrogen) atoms. The van der Waals surface area contributed by atoms with E-state index in [0.29, 0.717) is 11.4 Å². The van der Waals surface area contributed by atoms with Gasteiger partial charge >= 0.3 is 6.09 Å². The number of benzene rings is 2. The van der Waals surface area contributed by atoms with Gasteiger partial charge in [0.25, 0.3) is 0 Å². The summed E-state index contributed by atoms with van der Waals surface area (Å²) in [5.41, 5.74) is 2.18. The molecule has 0 unspecified atom stereocenters. The number of anilines is 2. The van der Waals surface area contributed by atoms with Crippen LogP contribution in [0.25, 0.3) is 6.08 Å². The molecule has 112 valence electrons. The second kappa shape index (κ2) is 7.64. The molecule has 0 saturated heterocycles. The number of ether oxygens (including phenoxy) is 1. The first kappa shape index (κ1) is 15.3. The van der Waals surface area contributed by atoms with E-state index in [2.05, 4.69) is 15.4 Å². The summed E-state index contributed by atoms with van der Waals surface area (Å²) in [5, 5.41) is 5.27. The number of rotatable bonds is 4. The van der Waals surface area contributed by atoms with Crippen LogP contribution in [0.4, 0.5) is 16.2 Å². The van der Waals surface area contributed by atoms with Gasteiger partial charge in [-0.05, 0) is 35.9 Å². The zero-order valence-electron chi connectivity index (χ0n) is 12.1. The van der Waals surface area contributed by atoms with E-state index >= 15 is 0 Å². The Morgan fingerprint density at radius 2 is 1.50 bits per heavy atom. The van der Waals surface area contributed by atoms with Gasteiger partial charge in [0.1, 0.15) is 0 Å². The molecule has 0 bridgehead atoms. The Balaban J connectivity index is 1.91. The zero-order chi connectivity index (χ0) is 15.8. The van der Waals surface area contributed by atoms with E-state index in [9.17, 15) is 9.59 Å². The smallest absolute Gasteiger partial charge is 0.411 e. The molecule has 2 aromatic carbocycles. The van der Waals surface area contributed by atoms with Crippen LogP contribution in [-0.4, -0.2) is 19.1 Å². The van der Waals surface area contributed by atoms with Gasteiger partial charge in [-0.2, -0.15) is 0 Å². The highest BCUT2D eigenvalue weighted by molar-refractivity contribution is 6.02. The van der Waals surface area contributed by atoms with Gasteiger partial charge in [-0.1, -0.05) is 30.3 Å². The third-order valence-electron chi connectivity index (χ3n) is 2.81. The van der Waals surface area contributed by atoms with Crippen molar-refractivity contribution in [1.82, 2.24) is 0 Å². The van der Waals surface area contributed by atoms with E-state index in [1.807, 2.05) is 30.3 Å². The molecule has 0 aliphatic heterocycles. The van der Waals surface area contributed by atoms with Crippen LogP contribution in [0.5, 0.6) is 0 Å². The summed E-state index contributed by atoms with van der Waals surface area (Å²) >= 11 is 0. The normalized spacial score (nSPS) is 10.2. The van der Waals surface area contributed by atoms with E-state index < -0.39 is 6.09 Å². The average molecular weight is 296 g/mol. The van der Waals surface area contributed by atoms with Crippen LogP contribution < -0.4 is 10.6 Å². The fourth-order valence-corrected chi connectivity index (χ4v) is 1.73. The Morgan fingerprint density at radius 1 is 0.909 bits per heavy atom. The lowest BCUT2D eigenvalue weighted by molar-refractivity contribution is -0.111. The minimum Gasteiger partial charge on any atom is -0.453 e. The van der Waals surface area contributed by atoms with Gasteiger partial charge in [0.05, 0.1) is 7.11 Å². The van der Waals surface area contributed by atoms with Crippen molar-refractivity contribution in [2.24, 2.45) is 0 Å². The molecule has 0 heterocycles. The van der Waals surface area contributed by atoms with Gasteiger partial charge in [-0.3, -0.25) is 10.1 Å². The summed E-state index contributed by atoms with van der Waals surface area (Å²) in [5.74, 6) is -0.225. The minimum atomic E-state index is -0.539. The molecule has 2 rings (SSSR count). The Morgan fingerprint density at radius 3 is 2.09 bits per heavy atom. The van der Waals surface area contributed by atoms with E-state index in [1.165, 1.54) is 13.2 Å². The lowest BCUT2D eigenvalue weighted by atomic mass is 10.2. The minimum absolute atomic E-state index is 0.225. The summed E-state index contributed by atoms with van der Waals surface area (Å²) in [6.07, 6.45) is 2.67. The third kappa shape index (κ3) is 4.79. The van der Waals surface area contributed by atoms with Crippen LogP contribution >= 0.6 is 0 Å². The first-order chi connectivity index (χ1) is 10.7. The first-order valence-corrected chi connectivity index (χ1v) is 6.66. The van der Waals surface area contributed by atoms with Crippen molar-refractivity contribution in [1.29, 1.82) is 0 Å².